The van der Waals surface area contributed by atoms with Crippen molar-refractivity contribution in [2.24, 2.45) is 5.92 Å². The van der Waals surface area contributed by atoms with Crippen molar-refractivity contribution in [3.05, 3.63) is 12.3 Å². The summed E-state index contributed by atoms with van der Waals surface area (Å²) in [4.78, 5) is 5.05. The number of allylic oxidation sites excluding steroid dienone is 1. The lowest BCUT2D eigenvalue weighted by molar-refractivity contribution is -0.309. The summed E-state index contributed by atoms with van der Waals surface area (Å²) in [6.45, 7) is 13.4. The maximum atomic E-state index is 5.56. The molecule has 0 aliphatic rings. The number of hydrogen-bond acceptors (Lipinski definition) is 4. The van der Waals surface area contributed by atoms with Gasteiger partial charge in [-0.3, -0.25) is 0 Å². The summed E-state index contributed by atoms with van der Waals surface area (Å²) in [6.07, 6.45) is 6.90. The molecule has 112 valence electrons. The summed E-state index contributed by atoms with van der Waals surface area (Å²) in [7, 11) is -0.744. The number of hydrogen-bond donors (Lipinski definition) is 1. The maximum absolute atomic E-state index is 5.56. The van der Waals surface area contributed by atoms with Crippen LogP contribution in [0.5, 0.6) is 0 Å². The Labute approximate surface area is 118 Å². The zero-order chi connectivity index (χ0) is 14.7. The van der Waals surface area contributed by atoms with Crippen LogP contribution < -0.4 is 5.32 Å². The molecule has 0 aromatic heterocycles. The van der Waals surface area contributed by atoms with Crippen LogP contribution in [0.3, 0.4) is 0 Å². The molecule has 0 aromatic carbocycles. The van der Waals surface area contributed by atoms with Crippen molar-refractivity contribution in [3.8, 4) is 0 Å². The molecule has 5 heteroatoms. The van der Waals surface area contributed by atoms with E-state index in [0.29, 0.717) is 12.5 Å². The van der Waals surface area contributed by atoms with Gasteiger partial charge in [0.05, 0.1) is 6.61 Å². The van der Waals surface area contributed by atoms with E-state index in [-0.39, 0.29) is 6.29 Å². The van der Waals surface area contributed by atoms with Gasteiger partial charge in [0.25, 0.3) is 7.77 Å². The first-order valence-corrected chi connectivity index (χ1v) is 8.69. The van der Waals surface area contributed by atoms with E-state index >= 15 is 0 Å². The summed E-state index contributed by atoms with van der Waals surface area (Å²) < 4.78 is 10.5. The predicted molar refractivity (Wildman–Crippen MR) is 83.4 cm³/mol. The summed E-state index contributed by atoms with van der Waals surface area (Å²) >= 11 is 0. The second-order valence-corrected chi connectivity index (χ2v) is 6.41. The Kier molecular flexibility index (Phi) is 11.2. The fourth-order valence-corrected chi connectivity index (χ4v) is 1.73. The number of ether oxygens (including phenoxy) is 1. The SMILES string of the molecule is C=C(C)NCCCCC(C)COC(C)OO[P+](=C)C. The van der Waals surface area contributed by atoms with Crippen LogP contribution in [0.4, 0.5) is 0 Å². The molecular weight excluding hydrogens is 261 g/mol. The normalized spacial score (nSPS) is 14.8. The molecule has 4 nitrogen and oxygen atoms in total. The molecule has 0 radical (unpaired) electrons. The van der Waals surface area contributed by atoms with E-state index in [4.69, 9.17) is 14.3 Å². The minimum Gasteiger partial charge on any atom is -0.389 e. The van der Waals surface area contributed by atoms with Crippen LogP contribution in [0.15, 0.2) is 12.3 Å². The number of rotatable bonds is 12. The first-order valence-electron chi connectivity index (χ1n) is 6.80. The summed E-state index contributed by atoms with van der Waals surface area (Å²) in [5.41, 5.74) is 1.03. The van der Waals surface area contributed by atoms with Crippen molar-refractivity contribution >= 4 is 14.1 Å². The molecule has 0 heterocycles. The third-order valence-corrected chi connectivity index (χ3v) is 2.81. The van der Waals surface area contributed by atoms with E-state index in [2.05, 4.69) is 25.1 Å². The maximum Gasteiger partial charge on any atom is 0.286 e. The standard InChI is InChI=1S/C14H29NO3P/c1-12(2)15-10-8-7-9-13(3)11-16-14(4)17-18-19(5)6/h13-15H,1,5,7-11H2,2-4,6H3/q+1. The van der Waals surface area contributed by atoms with Crippen LogP contribution >= 0.6 is 7.77 Å². The summed E-state index contributed by atoms with van der Waals surface area (Å²) in [5, 5.41) is 3.23. The van der Waals surface area contributed by atoms with Gasteiger partial charge in [-0.25, -0.2) is 0 Å². The second-order valence-electron chi connectivity index (χ2n) is 5.01. The van der Waals surface area contributed by atoms with Crippen molar-refractivity contribution in [3.63, 3.8) is 0 Å². The number of nitrogens with one attached hydrogen (secondary N) is 1. The van der Waals surface area contributed by atoms with Gasteiger partial charge in [0, 0.05) is 12.2 Å². The lowest BCUT2D eigenvalue weighted by atomic mass is 10.1. The molecule has 19 heavy (non-hydrogen) atoms. The van der Waals surface area contributed by atoms with Gasteiger partial charge in [0.15, 0.2) is 6.29 Å². The van der Waals surface area contributed by atoms with E-state index in [1.807, 2.05) is 20.5 Å². The fraction of sp³-hybridized carbons (Fsp3) is 0.786. The average molecular weight is 290 g/mol. The van der Waals surface area contributed by atoms with Crippen molar-refractivity contribution in [2.45, 2.75) is 46.3 Å². The Hall–Kier alpha value is -0.410. The van der Waals surface area contributed by atoms with Crippen LogP contribution in [0, 0.1) is 5.92 Å². The minimum atomic E-state index is -0.744. The smallest absolute Gasteiger partial charge is 0.286 e. The first-order chi connectivity index (χ1) is 8.91. The largest absolute Gasteiger partial charge is 0.389 e. The van der Waals surface area contributed by atoms with Crippen LogP contribution in [-0.2, 0) is 14.3 Å². The van der Waals surface area contributed by atoms with Gasteiger partial charge >= 0.3 is 0 Å². The predicted octanol–water partition coefficient (Wildman–Crippen LogP) is 3.69. The van der Waals surface area contributed by atoms with E-state index in [9.17, 15) is 0 Å². The highest BCUT2D eigenvalue weighted by Crippen LogP contribution is 2.17. The lowest BCUT2D eigenvalue weighted by Gasteiger charge is -2.15. The van der Waals surface area contributed by atoms with Gasteiger partial charge in [0.2, 0.25) is 0 Å². The van der Waals surface area contributed by atoms with Gasteiger partial charge in [0.1, 0.15) is 13.0 Å². The zero-order valence-corrected chi connectivity index (χ0v) is 13.7. The molecule has 0 aromatic rings. The molecule has 0 fully saturated rings. The quantitative estimate of drug-likeness (QED) is 0.196. The molecule has 0 rings (SSSR count). The van der Waals surface area contributed by atoms with Gasteiger partial charge in [-0.1, -0.05) is 19.9 Å². The van der Waals surface area contributed by atoms with Gasteiger partial charge in [-0.05, 0) is 37.3 Å². The van der Waals surface area contributed by atoms with Gasteiger partial charge in [-0.2, -0.15) is 4.89 Å². The Bertz CT molecular complexity index is 271. The highest BCUT2D eigenvalue weighted by molar-refractivity contribution is 7.49. The van der Waals surface area contributed by atoms with Crippen molar-refractivity contribution < 1.29 is 14.3 Å². The lowest BCUT2D eigenvalue weighted by Crippen LogP contribution is -2.17. The van der Waals surface area contributed by atoms with Crippen LogP contribution in [-0.4, -0.2) is 32.4 Å². The average Bonchev–Trinajstić information content (AvgIpc) is 2.33. The van der Waals surface area contributed by atoms with Crippen molar-refractivity contribution in [1.29, 1.82) is 0 Å². The van der Waals surface area contributed by atoms with E-state index in [1.54, 1.807) is 0 Å². The number of unbranched alkanes of at least 4 members (excludes halogenated alkanes) is 1. The second kappa shape index (κ2) is 11.4. The van der Waals surface area contributed by atoms with E-state index < -0.39 is 7.77 Å². The highest BCUT2D eigenvalue weighted by Gasteiger charge is 2.10. The summed E-state index contributed by atoms with van der Waals surface area (Å²) in [5.74, 6) is 0.527. The zero-order valence-electron chi connectivity index (χ0n) is 12.8. The Morgan fingerprint density at radius 3 is 2.58 bits per heavy atom. The molecule has 0 bridgehead atoms. The molecule has 3 unspecified atom stereocenters. The first kappa shape index (κ1) is 18.6. The van der Waals surface area contributed by atoms with Crippen molar-refractivity contribution in [2.75, 3.05) is 19.8 Å². The molecule has 3 atom stereocenters. The molecule has 0 saturated carbocycles. The fourth-order valence-electron chi connectivity index (χ4n) is 1.46. The van der Waals surface area contributed by atoms with Crippen LogP contribution in [0.1, 0.15) is 40.0 Å². The van der Waals surface area contributed by atoms with Gasteiger partial charge in [-0.15, -0.1) is 0 Å². The molecular formula is C14H29NO3P+. The van der Waals surface area contributed by atoms with Crippen LogP contribution in [0.25, 0.3) is 0 Å². The molecule has 0 saturated heterocycles. The van der Waals surface area contributed by atoms with E-state index in [1.165, 1.54) is 6.42 Å². The van der Waals surface area contributed by atoms with Crippen LogP contribution in [0.2, 0.25) is 0 Å². The molecule has 1 N–H and O–H groups in total. The topological polar surface area (TPSA) is 39.7 Å². The monoisotopic (exact) mass is 290 g/mol. The Balaban J connectivity index is 3.45. The Morgan fingerprint density at radius 1 is 1.32 bits per heavy atom. The Morgan fingerprint density at radius 2 is 2.00 bits per heavy atom. The van der Waals surface area contributed by atoms with E-state index in [0.717, 1.165) is 25.1 Å². The highest BCUT2D eigenvalue weighted by atomic mass is 31.1. The summed E-state index contributed by atoms with van der Waals surface area (Å²) in [6, 6.07) is 0. The third kappa shape index (κ3) is 13.8. The minimum absolute atomic E-state index is 0.334. The molecule has 0 aliphatic heterocycles. The van der Waals surface area contributed by atoms with Crippen molar-refractivity contribution in [1.82, 2.24) is 5.32 Å². The molecule has 0 aliphatic carbocycles. The molecule has 0 amide bonds. The van der Waals surface area contributed by atoms with Gasteiger partial charge < -0.3 is 10.1 Å². The third-order valence-electron chi connectivity index (χ3n) is 2.47. The molecule has 0 spiro atoms.